The molecule has 0 fully saturated rings. The van der Waals surface area contributed by atoms with Crippen LogP contribution in [0.3, 0.4) is 0 Å². The third-order valence-electron chi connectivity index (χ3n) is 6.02. The fraction of sp³-hybridized carbons (Fsp3) is 0.107. The molecule has 1 aromatic heterocycles. The van der Waals surface area contributed by atoms with E-state index in [1.807, 2.05) is 54.6 Å². The first-order chi connectivity index (χ1) is 16.1. The number of carbonyl (C=O) groups is 1. The van der Waals surface area contributed by atoms with Crippen LogP contribution in [0.2, 0.25) is 5.02 Å². The van der Waals surface area contributed by atoms with E-state index < -0.39 is 5.97 Å². The number of phenols is 1. The van der Waals surface area contributed by atoms with Gasteiger partial charge in [0, 0.05) is 17.0 Å². The van der Waals surface area contributed by atoms with Gasteiger partial charge in [-0.25, -0.2) is 4.79 Å². The van der Waals surface area contributed by atoms with Gasteiger partial charge in [-0.2, -0.15) is 0 Å². The van der Waals surface area contributed by atoms with Crippen LogP contribution in [-0.4, -0.2) is 22.8 Å². The van der Waals surface area contributed by atoms with Crippen LogP contribution in [0.15, 0.2) is 84.9 Å². The van der Waals surface area contributed by atoms with E-state index in [1.165, 1.54) is 12.7 Å². The molecule has 33 heavy (non-hydrogen) atoms. The number of benzene rings is 4. The van der Waals surface area contributed by atoms with Crippen LogP contribution in [0.5, 0.6) is 5.75 Å². The molecule has 4 aromatic carbocycles. The molecule has 1 N–H and O–H groups in total. The van der Waals surface area contributed by atoms with Crippen LogP contribution in [0.25, 0.3) is 32.9 Å². The van der Waals surface area contributed by atoms with Gasteiger partial charge in [0.1, 0.15) is 5.75 Å². The number of esters is 1. The minimum atomic E-state index is -0.427. The van der Waals surface area contributed by atoms with Crippen molar-refractivity contribution in [2.24, 2.45) is 0 Å². The first-order valence-electron chi connectivity index (χ1n) is 10.7. The van der Waals surface area contributed by atoms with Crippen molar-refractivity contribution in [1.29, 1.82) is 0 Å². The predicted molar refractivity (Wildman–Crippen MR) is 133 cm³/mol. The summed E-state index contributed by atoms with van der Waals surface area (Å²) in [6, 6.07) is 27.2. The van der Waals surface area contributed by atoms with Crippen molar-refractivity contribution < 1.29 is 14.6 Å². The highest BCUT2D eigenvalue weighted by Crippen LogP contribution is 2.40. The van der Waals surface area contributed by atoms with Gasteiger partial charge in [-0.3, -0.25) is 0 Å². The van der Waals surface area contributed by atoms with Gasteiger partial charge >= 0.3 is 5.97 Å². The molecular weight excluding hydrogens is 434 g/mol. The molecule has 0 bridgehead atoms. The Morgan fingerprint density at radius 1 is 0.879 bits per heavy atom. The fourth-order valence-corrected chi connectivity index (χ4v) is 4.58. The van der Waals surface area contributed by atoms with Crippen molar-refractivity contribution in [2.75, 3.05) is 7.11 Å². The van der Waals surface area contributed by atoms with Crippen molar-refractivity contribution in [3.8, 4) is 16.9 Å². The van der Waals surface area contributed by atoms with Gasteiger partial charge < -0.3 is 14.4 Å². The second-order valence-electron chi connectivity index (χ2n) is 7.97. The molecule has 0 radical (unpaired) electrons. The van der Waals surface area contributed by atoms with Crippen LogP contribution in [0.1, 0.15) is 15.9 Å². The third-order valence-corrected chi connectivity index (χ3v) is 6.27. The molecule has 0 aliphatic carbocycles. The Morgan fingerprint density at radius 2 is 1.64 bits per heavy atom. The molecule has 0 amide bonds. The number of fused-ring (bicyclic) bond motifs is 3. The SMILES string of the molecule is COC(=O)c1cccc2c1c1c(O)cc(-c3ccc(Cl)cc3)cc1n2CCc1ccccc1. The van der Waals surface area contributed by atoms with Crippen molar-refractivity contribution in [2.45, 2.75) is 13.0 Å². The van der Waals surface area contributed by atoms with E-state index in [1.54, 1.807) is 12.1 Å². The summed E-state index contributed by atoms with van der Waals surface area (Å²) in [6.45, 7) is 0.693. The summed E-state index contributed by atoms with van der Waals surface area (Å²) < 4.78 is 7.20. The zero-order valence-corrected chi connectivity index (χ0v) is 18.8. The highest BCUT2D eigenvalue weighted by Gasteiger charge is 2.21. The Bertz CT molecular complexity index is 1470. The molecular formula is C28H22ClNO3. The maximum absolute atomic E-state index is 12.6. The molecule has 1 heterocycles. The van der Waals surface area contributed by atoms with E-state index >= 15 is 0 Å². The zero-order chi connectivity index (χ0) is 22.9. The lowest BCUT2D eigenvalue weighted by Crippen LogP contribution is -2.03. The summed E-state index contributed by atoms with van der Waals surface area (Å²) in [6.07, 6.45) is 0.814. The number of nitrogens with zero attached hydrogens (tertiary/aromatic N) is 1. The van der Waals surface area contributed by atoms with Crippen molar-refractivity contribution >= 4 is 39.4 Å². The number of phenolic OH excluding ortho intramolecular Hbond substituents is 1. The predicted octanol–water partition coefficient (Wildman–Crippen LogP) is 6.85. The first kappa shape index (κ1) is 21.1. The largest absolute Gasteiger partial charge is 0.507 e. The Morgan fingerprint density at radius 3 is 2.36 bits per heavy atom. The summed E-state index contributed by atoms with van der Waals surface area (Å²) >= 11 is 6.07. The van der Waals surface area contributed by atoms with E-state index in [0.717, 1.165) is 28.6 Å². The number of aryl methyl sites for hydroxylation is 2. The number of methoxy groups -OCH3 is 1. The number of ether oxygens (including phenoxy) is 1. The van der Waals surface area contributed by atoms with Gasteiger partial charge in [0.2, 0.25) is 0 Å². The Hall–Kier alpha value is -3.76. The number of hydrogen-bond acceptors (Lipinski definition) is 3. The highest BCUT2D eigenvalue weighted by atomic mass is 35.5. The van der Waals surface area contributed by atoms with Crippen LogP contribution in [0, 0.1) is 0 Å². The molecule has 5 rings (SSSR count). The summed E-state index contributed by atoms with van der Waals surface area (Å²) in [7, 11) is 1.37. The van der Waals surface area contributed by atoms with Crippen molar-refractivity contribution in [1.82, 2.24) is 4.57 Å². The van der Waals surface area contributed by atoms with Gasteiger partial charge in [0.25, 0.3) is 0 Å². The van der Waals surface area contributed by atoms with E-state index in [-0.39, 0.29) is 5.75 Å². The minimum Gasteiger partial charge on any atom is -0.507 e. The average Bonchev–Trinajstić information content (AvgIpc) is 3.17. The molecule has 0 atom stereocenters. The van der Waals surface area contributed by atoms with E-state index in [9.17, 15) is 9.90 Å². The molecule has 164 valence electrons. The molecule has 0 unspecified atom stereocenters. The molecule has 0 saturated heterocycles. The van der Waals surface area contributed by atoms with Crippen molar-refractivity contribution in [3.05, 3.63) is 101 Å². The molecule has 4 nitrogen and oxygen atoms in total. The Balaban J connectivity index is 1.76. The van der Waals surface area contributed by atoms with Crippen LogP contribution in [-0.2, 0) is 17.7 Å². The highest BCUT2D eigenvalue weighted by molar-refractivity contribution is 6.30. The van der Waals surface area contributed by atoms with Crippen LogP contribution < -0.4 is 0 Å². The van der Waals surface area contributed by atoms with Gasteiger partial charge in [0.15, 0.2) is 0 Å². The van der Waals surface area contributed by atoms with E-state index in [2.05, 4.69) is 22.8 Å². The Kier molecular flexibility index (Phi) is 5.53. The molecule has 5 heteroatoms. The number of aromatic hydroxyl groups is 1. The fourth-order valence-electron chi connectivity index (χ4n) is 4.45. The minimum absolute atomic E-state index is 0.122. The molecule has 0 aliphatic rings. The summed E-state index contributed by atoms with van der Waals surface area (Å²) in [4.78, 5) is 12.6. The zero-order valence-electron chi connectivity index (χ0n) is 18.1. The lowest BCUT2D eigenvalue weighted by molar-refractivity contribution is 0.0603. The van der Waals surface area contributed by atoms with Gasteiger partial charge in [0.05, 0.1) is 29.1 Å². The maximum Gasteiger partial charge on any atom is 0.338 e. The number of carbonyl (C=O) groups excluding carboxylic acids is 1. The molecule has 0 saturated carbocycles. The number of aromatic nitrogens is 1. The summed E-state index contributed by atoms with van der Waals surface area (Å²) in [5.41, 5.74) is 5.22. The lowest BCUT2D eigenvalue weighted by Gasteiger charge is -2.10. The number of rotatable bonds is 5. The van der Waals surface area contributed by atoms with Gasteiger partial charge in [-0.05, 0) is 59.5 Å². The van der Waals surface area contributed by atoms with E-state index in [4.69, 9.17) is 16.3 Å². The quantitative estimate of drug-likeness (QED) is 0.295. The summed E-state index contributed by atoms with van der Waals surface area (Å²) in [5, 5.41) is 13.2. The second-order valence-corrected chi connectivity index (χ2v) is 8.41. The molecule has 5 aromatic rings. The third kappa shape index (κ3) is 3.83. The number of halogens is 1. The standard InChI is InChI=1S/C28H22ClNO3/c1-33-28(32)22-8-5-9-23-26(22)27-24(30(23)15-14-18-6-3-2-4-7-18)16-20(17-25(27)31)19-10-12-21(29)13-11-19/h2-13,16-17,31H,14-15H2,1H3. The van der Waals surface area contributed by atoms with Crippen molar-refractivity contribution in [3.63, 3.8) is 0 Å². The van der Waals surface area contributed by atoms with Crippen LogP contribution in [0.4, 0.5) is 0 Å². The monoisotopic (exact) mass is 455 g/mol. The second kappa shape index (κ2) is 8.64. The normalized spacial score (nSPS) is 11.2. The average molecular weight is 456 g/mol. The molecule has 0 aliphatic heterocycles. The van der Waals surface area contributed by atoms with E-state index in [0.29, 0.717) is 27.9 Å². The topological polar surface area (TPSA) is 51.5 Å². The molecule has 0 spiro atoms. The smallest absolute Gasteiger partial charge is 0.338 e. The van der Waals surface area contributed by atoms with Gasteiger partial charge in [-0.1, -0.05) is 60.1 Å². The number of hydrogen-bond donors (Lipinski definition) is 1. The maximum atomic E-state index is 12.6. The van der Waals surface area contributed by atoms with Gasteiger partial charge in [-0.15, -0.1) is 0 Å². The lowest BCUT2D eigenvalue weighted by atomic mass is 10.0. The first-order valence-corrected chi connectivity index (χ1v) is 11.1. The Labute approximate surface area is 196 Å². The van der Waals surface area contributed by atoms with Crippen LogP contribution >= 0.6 is 11.6 Å². The summed E-state index contributed by atoms with van der Waals surface area (Å²) in [5.74, 6) is -0.304.